The fourth-order valence-corrected chi connectivity index (χ4v) is 1.99. The van der Waals surface area contributed by atoms with Gasteiger partial charge in [0.25, 0.3) is 5.91 Å². The molecule has 124 valence electrons. The largest absolute Gasteiger partial charge is 0.478 e. The summed E-state index contributed by atoms with van der Waals surface area (Å²) in [4.78, 5) is 35.0. The second-order valence-electron chi connectivity index (χ2n) is 5.53. The number of carboxylic acid groups (broad SMARTS) is 1. The van der Waals surface area contributed by atoms with Gasteiger partial charge in [0, 0.05) is 17.3 Å². The number of amides is 2. The second kappa shape index (κ2) is 7.41. The number of aromatic carboxylic acids is 1. The van der Waals surface area contributed by atoms with E-state index in [1.54, 1.807) is 50.2 Å². The maximum absolute atomic E-state index is 12.2. The minimum atomic E-state index is -1.16. The van der Waals surface area contributed by atoms with Crippen LogP contribution in [0.2, 0.25) is 0 Å². The predicted octanol–water partition coefficient (Wildman–Crippen LogP) is 3.23. The lowest BCUT2D eigenvalue weighted by atomic mass is 10.1. The molecule has 0 aliphatic carbocycles. The molecule has 6 heteroatoms. The SMILES string of the molecule is CC(C)C(=O)Nc1ccc(NC(=O)c2ccccc2C(=O)O)cc1. The van der Waals surface area contributed by atoms with Gasteiger partial charge in [0.1, 0.15) is 0 Å². The van der Waals surface area contributed by atoms with Gasteiger partial charge in [0.05, 0.1) is 11.1 Å². The molecule has 0 heterocycles. The average molecular weight is 326 g/mol. The second-order valence-corrected chi connectivity index (χ2v) is 5.53. The molecule has 0 spiro atoms. The van der Waals surface area contributed by atoms with Crippen LogP contribution >= 0.6 is 0 Å². The van der Waals surface area contributed by atoms with Crippen LogP contribution in [-0.2, 0) is 4.79 Å². The van der Waals surface area contributed by atoms with Crippen molar-refractivity contribution in [3.8, 4) is 0 Å². The quantitative estimate of drug-likeness (QED) is 0.786. The summed E-state index contributed by atoms with van der Waals surface area (Å²) < 4.78 is 0. The summed E-state index contributed by atoms with van der Waals surface area (Å²) in [5, 5.41) is 14.5. The van der Waals surface area contributed by atoms with E-state index in [9.17, 15) is 14.4 Å². The molecule has 2 rings (SSSR count). The molecule has 0 aromatic heterocycles. The third-order valence-electron chi connectivity index (χ3n) is 3.34. The zero-order valence-electron chi connectivity index (χ0n) is 13.4. The summed E-state index contributed by atoms with van der Waals surface area (Å²) in [5.41, 5.74) is 1.15. The van der Waals surface area contributed by atoms with E-state index in [4.69, 9.17) is 5.11 Å². The van der Waals surface area contributed by atoms with Crippen molar-refractivity contribution in [2.75, 3.05) is 10.6 Å². The van der Waals surface area contributed by atoms with Crippen molar-refractivity contribution < 1.29 is 19.5 Å². The number of anilines is 2. The third-order valence-corrected chi connectivity index (χ3v) is 3.34. The summed E-state index contributed by atoms with van der Waals surface area (Å²) in [6, 6.07) is 12.6. The van der Waals surface area contributed by atoms with Crippen LogP contribution in [-0.4, -0.2) is 22.9 Å². The Labute approximate surface area is 139 Å². The highest BCUT2D eigenvalue weighted by atomic mass is 16.4. The van der Waals surface area contributed by atoms with Crippen LogP contribution < -0.4 is 10.6 Å². The summed E-state index contributed by atoms with van der Waals surface area (Å²) in [6.07, 6.45) is 0. The van der Waals surface area contributed by atoms with Gasteiger partial charge >= 0.3 is 5.97 Å². The topological polar surface area (TPSA) is 95.5 Å². The molecule has 0 bridgehead atoms. The molecule has 3 N–H and O–H groups in total. The highest BCUT2D eigenvalue weighted by Gasteiger charge is 2.15. The van der Waals surface area contributed by atoms with Crippen molar-refractivity contribution >= 4 is 29.2 Å². The Balaban J connectivity index is 2.10. The molecule has 2 aromatic carbocycles. The Kier molecular flexibility index (Phi) is 5.31. The van der Waals surface area contributed by atoms with Gasteiger partial charge in [0.2, 0.25) is 5.91 Å². The van der Waals surface area contributed by atoms with Gasteiger partial charge in [-0.05, 0) is 36.4 Å². The van der Waals surface area contributed by atoms with E-state index < -0.39 is 11.9 Å². The highest BCUT2D eigenvalue weighted by Crippen LogP contribution is 2.17. The maximum Gasteiger partial charge on any atom is 0.336 e. The van der Waals surface area contributed by atoms with Crippen molar-refractivity contribution in [3.05, 3.63) is 59.7 Å². The van der Waals surface area contributed by atoms with Gasteiger partial charge < -0.3 is 15.7 Å². The first kappa shape index (κ1) is 17.2. The highest BCUT2D eigenvalue weighted by molar-refractivity contribution is 6.10. The first-order valence-corrected chi connectivity index (χ1v) is 7.43. The molecule has 0 saturated carbocycles. The Morgan fingerprint density at radius 3 is 1.83 bits per heavy atom. The van der Waals surface area contributed by atoms with E-state index >= 15 is 0 Å². The molecule has 0 atom stereocenters. The fourth-order valence-electron chi connectivity index (χ4n) is 1.99. The van der Waals surface area contributed by atoms with Crippen LogP contribution in [0, 0.1) is 5.92 Å². The molecule has 0 aliphatic rings. The summed E-state index contributed by atoms with van der Waals surface area (Å²) in [5.74, 6) is -1.89. The summed E-state index contributed by atoms with van der Waals surface area (Å²) in [6.45, 7) is 3.59. The van der Waals surface area contributed by atoms with Crippen LogP contribution in [0.25, 0.3) is 0 Å². The van der Waals surface area contributed by atoms with Crippen LogP contribution in [0.3, 0.4) is 0 Å². The summed E-state index contributed by atoms with van der Waals surface area (Å²) in [7, 11) is 0. The zero-order valence-corrected chi connectivity index (χ0v) is 13.4. The Bertz CT molecular complexity index is 767. The molecule has 2 amide bonds. The van der Waals surface area contributed by atoms with Crippen molar-refractivity contribution in [1.29, 1.82) is 0 Å². The lowest BCUT2D eigenvalue weighted by Gasteiger charge is -2.10. The monoisotopic (exact) mass is 326 g/mol. The molecule has 6 nitrogen and oxygen atoms in total. The minimum absolute atomic E-state index is 0.0594. The van der Waals surface area contributed by atoms with Crippen molar-refractivity contribution in [1.82, 2.24) is 0 Å². The van der Waals surface area contributed by atoms with E-state index in [0.29, 0.717) is 11.4 Å². The van der Waals surface area contributed by atoms with Crippen LogP contribution in [0.4, 0.5) is 11.4 Å². The van der Waals surface area contributed by atoms with E-state index in [0.717, 1.165) is 0 Å². The number of hydrogen-bond acceptors (Lipinski definition) is 3. The molecular weight excluding hydrogens is 308 g/mol. The van der Waals surface area contributed by atoms with E-state index in [1.807, 2.05) is 0 Å². The number of rotatable bonds is 5. The van der Waals surface area contributed by atoms with Gasteiger partial charge in [0.15, 0.2) is 0 Å². The van der Waals surface area contributed by atoms with Gasteiger partial charge in [-0.25, -0.2) is 4.79 Å². The third kappa shape index (κ3) is 4.19. The molecule has 0 fully saturated rings. The number of hydrogen-bond donors (Lipinski definition) is 3. The minimum Gasteiger partial charge on any atom is -0.478 e. The maximum atomic E-state index is 12.2. The Morgan fingerprint density at radius 1 is 0.833 bits per heavy atom. The standard InChI is InChI=1S/C18H18N2O4/c1-11(2)16(21)19-12-7-9-13(10-8-12)20-17(22)14-5-3-4-6-15(14)18(23)24/h3-11H,1-2H3,(H,19,21)(H,20,22)(H,23,24). The number of benzene rings is 2. The van der Waals surface area contributed by atoms with Crippen molar-refractivity contribution in [2.24, 2.45) is 5.92 Å². The number of carbonyl (C=O) groups is 3. The lowest BCUT2D eigenvalue weighted by molar-refractivity contribution is -0.118. The molecule has 2 aromatic rings. The lowest BCUT2D eigenvalue weighted by Crippen LogP contribution is -2.18. The average Bonchev–Trinajstić information content (AvgIpc) is 2.56. The molecule has 24 heavy (non-hydrogen) atoms. The van der Waals surface area contributed by atoms with Crippen molar-refractivity contribution in [3.63, 3.8) is 0 Å². The number of carboxylic acids is 1. The first-order valence-electron chi connectivity index (χ1n) is 7.43. The van der Waals surface area contributed by atoms with E-state index in [2.05, 4.69) is 10.6 Å². The van der Waals surface area contributed by atoms with Crippen LogP contribution in [0.1, 0.15) is 34.6 Å². The smallest absolute Gasteiger partial charge is 0.336 e. The van der Waals surface area contributed by atoms with Crippen molar-refractivity contribution in [2.45, 2.75) is 13.8 Å². The number of nitrogens with one attached hydrogen (secondary N) is 2. The molecule has 0 saturated heterocycles. The fraction of sp³-hybridized carbons (Fsp3) is 0.167. The molecule has 0 aliphatic heterocycles. The van der Waals surface area contributed by atoms with E-state index in [1.165, 1.54) is 12.1 Å². The Morgan fingerprint density at radius 2 is 1.33 bits per heavy atom. The normalized spacial score (nSPS) is 10.3. The van der Waals surface area contributed by atoms with Crippen LogP contribution in [0.15, 0.2) is 48.5 Å². The van der Waals surface area contributed by atoms with Gasteiger partial charge in [-0.15, -0.1) is 0 Å². The predicted molar refractivity (Wildman–Crippen MR) is 91.3 cm³/mol. The van der Waals surface area contributed by atoms with Gasteiger partial charge in [-0.3, -0.25) is 9.59 Å². The zero-order chi connectivity index (χ0) is 17.7. The molecule has 0 unspecified atom stereocenters. The van der Waals surface area contributed by atoms with E-state index in [-0.39, 0.29) is 23.0 Å². The number of carbonyl (C=O) groups excluding carboxylic acids is 2. The molecule has 0 radical (unpaired) electrons. The Hall–Kier alpha value is -3.15. The molecular formula is C18H18N2O4. The van der Waals surface area contributed by atoms with Gasteiger partial charge in [-0.1, -0.05) is 26.0 Å². The van der Waals surface area contributed by atoms with Crippen LogP contribution in [0.5, 0.6) is 0 Å². The summed E-state index contributed by atoms with van der Waals surface area (Å²) >= 11 is 0. The first-order chi connectivity index (χ1) is 11.4. The van der Waals surface area contributed by atoms with Gasteiger partial charge in [-0.2, -0.15) is 0 Å².